The fraction of sp³-hybridized carbons (Fsp3) is 0.154. The van der Waals surface area contributed by atoms with Gasteiger partial charge in [0.15, 0.2) is 17.4 Å². The summed E-state index contributed by atoms with van der Waals surface area (Å²) in [5.41, 5.74) is 0.343. The van der Waals surface area contributed by atoms with Crippen LogP contribution in [0.25, 0.3) is 0 Å². The monoisotopic (exact) mass is 268 g/mol. The van der Waals surface area contributed by atoms with Gasteiger partial charge >= 0.3 is 0 Å². The molecular weight excluding hydrogens is 257 g/mol. The van der Waals surface area contributed by atoms with Crippen LogP contribution in [0.5, 0.6) is 11.6 Å². The summed E-state index contributed by atoms with van der Waals surface area (Å²) in [4.78, 5) is 3.69. The highest BCUT2D eigenvalue weighted by Gasteiger charge is 2.13. The minimum absolute atomic E-state index is 0.283. The van der Waals surface area contributed by atoms with Crippen LogP contribution in [0.3, 0.4) is 0 Å². The van der Waals surface area contributed by atoms with Gasteiger partial charge in [-0.2, -0.15) is 0 Å². The molecule has 0 unspecified atom stereocenters. The van der Waals surface area contributed by atoms with Crippen LogP contribution in [-0.2, 0) is 6.54 Å². The Bertz CT molecular complexity index is 590. The lowest BCUT2D eigenvalue weighted by molar-refractivity contribution is 0.393. The molecule has 0 saturated carbocycles. The van der Waals surface area contributed by atoms with E-state index in [1.54, 1.807) is 7.05 Å². The summed E-state index contributed by atoms with van der Waals surface area (Å²) in [7, 11) is 1.67. The van der Waals surface area contributed by atoms with E-state index in [9.17, 15) is 13.2 Å². The molecule has 0 atom stereocenters. The summed E-state index contributed by atoms with van der Waals surface area (Å²) in [6.45, 7) is 0.288. The van der Waals surface area contributed by atoms with Gasteiger partial charge in [0, 0.05) is 24.4 Å². The molecule has 1 aromatic heterocycles. The van der Waals surface area contributed by atoms with Crippen molar-refractivity contribution in [2.24, 2.45) is 0 Å². The first-order chi connectivity index (χ1) is 9.11. The van der Waals surface area contributed by atoms with Crippen molar-refractivity contribution in [2.45, 2.75) is 6.54 Å². The Kier molecular flexibility index (Phi) is 4.01. The number of pyridine rings is 1. The maximum atomic E-state index is 13.9. The van der Waals surface area contributed by atoms with Crippen molar-refractivity contribution >= 4 is 0 Å². The maximum absolute atomic E-state index is 13.9. The molecule has 1 N–H and O–H groups in total. The van der Waals surface area contributed by atoms with Crippen LogP contribution in [0.1, 0.15) is 5.56 Å². The van der Waals surface area contributed by atoms with Crippen molar-refractivity contribution < 1.29 is 17.9 Å². The van der Waals surface area contributed by atoms with E-state index in [2.05, 4.69) is 10.3 Å². The highest BCUT2D eigenvalue weighted by atomic mass is 19.1. The number of aromatic nitrogens is 1. The second-order valence-electron chi connectivity index (χ2n) is 3.80. The predicted octanol–water partition coefficient (Wildman–Crippen LogP) is 3.01. The first kappa shape index (κ1) is 13.4. The number of nitrogens with one attached hydrogen (secondary N) is 1. The van der Waals surface area contributed by atoms with Gasteiger partial charge in [-0.1, -0.05) is 0 Å². The standard InChI is InChI=1S/C13H11F3N2O/c1-17-7-8-4-5-18-13(12(8)16)19-11-3-2-9(14)6-10(11)15/h2-6,17H,7H2,1H3. The first-order valence-corrected chi connectivity index (χ1v) is 5.52. The topological polar surface area (TPSA) is 34.2 Å². The van der Waals surface area contributed by atoms with E-state index in [-0.39, 0.29) is 18.2 Å². The van der Waals surface area contributed by atoms with Crippen LogP contribution >= 0.6 is 0 Å². The number of nitrogens with zero attached hydrogens (tertiary/aromatic N) is 1. The Hall–Kier alpha value is -2.08. The van der Waals surface area contributed by atoms with Crippen LogP contribution < -0.4 is 10.1 Å². The lowest BCUT2D eigenvalue weighted by atomic mass is 10.2. The van der Waals surface area contributed by atoms with Crippen LogP contribution in [0.15, 0.2) is 30.5 Å². The Morgan fingerprint density at radius 1 is 1.21 bits per heavy atom. The minimum Gasteiger partial charge on any atom is -0.433 e. The van der Waals surface area contributed by atoms with Gasteiger partial charge in [0.05, 0.1) is 0 Å². The van der Waals surface area contributed by atoms with Gasteiger partial charge in [0.25, 0.3) is 5.88 Å². The van der Waals surface area contributed by atoms with E-state index < -0.39 is 17.5 Å². The molecule has 6 heteroatoms. The normalized spacial score (nSPS) is 10.5. The molecule has 0 amide bonds. The maximum Gasteiger partial charge on any atom is 0.256 e. The van der Waals surface area contributed by atoms with Crippen molar-refractivity contribution in [1.29, 1.82) is 0 Å². The van der Waals surface area contributed by atoms with Crippen molar-refractivity contribution in [2.75, 3.05) is 7.05 Å². The summed E-state index contributed by atoms with van der Waals surface area (Å²) in [5.74, 6) is -2.96. The van der Waals surface area contributed by atoms with Gasteiger partial charge in [-0.3, -0.25) is 0 Å². The van der Waals surface area contributed by atoms with E-state index in [1.807, 2.05) is 0 Å². The van der Waals surface area contributed by atoms with Gasteiger partial charge in [-0.05, 0) is 25.2 Å². The quantitative estimate of drug-likeness (QED) is 0.925. The van der Waals surface area contributed by atoms with E-state index in [0.717, 1.165) is 12.1 Å². The zero-order valence-corrected chi connectivity index (χ0v) is 10.1. The molecule has 0 aliphatic heterocycles. The van der Waals surface area contributed by atoms with Crippen LogP contribution in [0, 0.1) is 17.5 Å². The van der Waals surface area contributed by atoms with Crippen LogP contribution in [-0.4, -0.2) is 12.0 Å². The average molecular weight is 268 g/mol. The van der Waals surface area contributed by atoms with Crippen molar-refractivity contribution in [3.8, 4) is 11.6 Å². The number of benzene rings is 1. The summed E-state index contributed by atoms with van der Waals surface area (Å²) < 4.78 is 45.1. The van der Waals surface area contributed by atoms with Crippen molar-refractivity contribution in [3.63, 3.8) is 0 Å². The van der Waals surface area contributed by atoms with Crippen molar-refractivity contribution in [3.05, 3.63) is 53.5 Å². The largest absolute Gasteiger partial charge is 0.433 e. The van der Waals surface area contributed by atoms with Gasteiger partial charge in [-0.15, -0.1) is 0 Å². The molecule has 0 aliphatic carbocycles. The molecule has 3 nitrogen and oxygen atoms in total. The van der Waals surface area contributed by atoms with Crippen LogP contribution in [0.2, 0.25) is 0 Å². The van der Waals surface area contributed by atoms with E-state index >= 15 is 0 Å². The van der Waals surface area contributed by atoms with Crippen LogP contribution in [0.4, 0.5) is 13.2 Å². The molecule has 19 heavy (non-hydrogen) atoms. The van der Waals surface area contributed by atoms with Gasteiger partial charge in [-0.25, -0.2) is 18.2 Å². The number of hydrogen-bond acceptors (Lipinski definition) is 3. The minimum atomic E-state index is -0.916. The molecule has 1 heterocycles. The second-order valence-corrected chi connectivity index (χ2v) is 3.80. The number of rotatable bonds is 4. The molecule has 2 rings (SSSR count). The summed E-state index contributed by atoms with van der Waals surface area (Å²) in [6.07, 6.45) is 1.35. The zero-order valence-electron chi connectivity index (χ0n) is 10.1. The molecule has 0 radical (unpaired) electrons. The van der Waals surface area contributed by atoms with E-state index in [4.69, 9.17) is 4.74 Å². The molecule has 1 aromatic carbocycles. The summed E-state index contributed by atoms with van der Waals surface area (Å²) in [6, 6.07) is 4.24. The number of halogens is 3. The second kappa shape index (κ2) is 5.71. The molecule has 2 aromatic rings. The SMILES string of the molecule is CNCc1ccnc(Oc2ccc(F)cc2F)c1F. The average Bonchev–Trinajstić information content (AvgIpc) is 2.37. The lowest BCUT2D eigenvalue weighted by Gasteiger charge is -2.09. The summed E-state index contributed by atoms with van der Waals surface area (Å²) >= 11 is 0. The number of ether oxygens (including phenoxy) is 1. The third kappa shape index (κ3) is 3.03. The highest BCUT2D eigenvalue weighted by molar-refractivity contribution is 5.31. The third-order valence-electron chi connectivity index (χ3n) is 2.40. The Morgan fingerprint density at radius 2 is 2.00 bits per heavy atom. The van der Waals surface area contributed by atoms with Gasteiger partial charge in [0.1, 0.15) is 5.82 Å². The summed E-state index contributed by atoms with van der Waals surface area (Å²) in [5, 5.41) is 2.79. The fourth-order valence-electron chi connectivity index (χ4n) is 1.52. The molecule has 0 bridgehead atoms. The predicted molar refractivity (Wildman–Crippen MR) is 63.4 cm³/mol. The molecule has 0 fully saturated rings. The number of hydrogen-bond donors (Lipinski definition) is 1. The smallest absolute Gasteiger partial charge is 0.256 e. The van der Waals surface area contributed by atoms with Gasteiger partial charge < -0.3 is 10.1 Å². The van der Waals surface area contributed by atoms with Gasteiger partial charge in [0.2, 0.25) is 0 Å². The molecule has 0 spiro atoms. The third-order valence-corrected chi connectivity index (χ3v) is 2.40. The molecular formula is C13H11F3N2O. The first-order valence-electron chi connectivity index (χ1n) is 5.52. The van der Waals surface area contributed by atoms with Crippen molar-refractivity contribution in [1.82, 2.24) is 10.3 Å². The highest BCUT2D eigenvalue weighted by Crippen LogP contribution is 2.26. The Morgan fingerprint density at radius 3 is 2.68 bits per heavy atom. The van der Waals surface area contributed by atoms with E-state index in [0.29, 0.717) is 11.6 Å². The Balaban J connectivity index is 2.30. The lowest BCUT2D eigenvalue weighted by Crippen LogP contribution is -2.08. The molecule has 0 saturated heterocycles. The molecule has 100 valence electrons. The fourth-order valence-corrected chi connectivity index (χ4v) is 1.52. The Labute approximate surface area is 108 Å². The zero-order chi connectivity index (χ0) is 13.8. The van der Waals surface area contributed by atoms with E-state index in [1.165, 1.54) is 12.3 Å². The molecule has 0 aliphatic rings.